The Balaban J connectivity index is 1.42. The fourth-order valence-corrected chi connectivity index (χ4v) is 14.9. The molecule has 1 aliphatic heterocycles. The molecule has 37 heavy (non-hydrogen) atoms. The molecule has 0 saturated carbocycles. The molecule has 3 aromatic carbocycles. The predicted octanol–water partition coefficient (Wildman–Crippen LogP) is 6.04. The predicted molar refractivity (Wildman–Crippen MR) is 154 cm³/mol. The number of benzene rings is 3. The van der Waals surface area contributed by atoms with Crippen LogP contribution in [0.5, 0.6) is 11.6 Å². The molecule has 3 heterocycles. The van der Waals surface area contributed by atoms with Crippen LogP contribution in [0.2, 0.25) is 0 Å². The van der Waals surface area contributed by atoms with E-state index in [0.29, 0.717) is 5.88 Å². The minimum absolute atomic E-state index is 0.0952. The van der Waals surface area contributed by atoms with Crippen molar-refractivity contribution < 1.29 is 4.74 Å². The van der Waals surface area contributed by atoms with Crippen molar-refractivity contribution in [2.45, 2.75) is 33.1 Å². The summed E-state index contributed by atoms with van der Waals surface area (Å²) in [6.45, 7) is 8.87. The van der Waals surface area contributed by atoms with Crippen LogP contribution in [0.25, 0.3) is 22.3 Å². The van der Waals surface area contributed by atoms with Gasteiger partial charge >= 0.3 is 228 Å². The van der Waals surface area contributed by atoms with Crippen LogP contribution in [0.4, 0.5) is 0 Å². The van der Waals surface area contributed by atoms with Gasteiger partial charge in [0.1, 0.15) is 0 Å². The van der Waals surface area contributed by atoms with Crippen molar-refractivity contribution >= 4 is 31.7 Å². The summed E-state index contributed by atoms with van der Waals surface area (Å²) >= 11 is -2.56. The van der Waals surface area contributed by atoms with E-state index in [2.05, 4.69) is 98.6 Å². The molecule has 3 nitrogen and oxygen atoms in total. The van der Waals surface area contributed by atoms with E-state index in [9.17, 15) is 0 Å². The Hall–Kier alpha value is -3.36. The Morgan fingerprint density at radius 2 is 1.46 bits per heavy atom. The van der Waals surface area contributed by atoms with Gasteiger partial charge in [-0.2, -0.15) is 0 Å². The summed E-state index contributed by atoms with van der Waals surface area (Å²) in [5.41, 5.74) is 7.68. The van der Waals surface area contributed by atoms with Crippen molar-refractivity contribution in [3.05, 3.63) is 115 Å². The molecular formula is C33H29BiN2O. The molecule has 4 heteroatoms. The van der Waals surface area contributed by atoms with Crippen molar-refractivity contribution in [1.29, 1.82) is 0 Å². The third-order valence-corrected chi connectivity index (χ3v) is 16.2. The van der Waals surface area contributed by atoms with Crippen LogP contribution in [-0.2, 0) is 5.41 Å². The van der Waals surface area contributed by atoms with Crippen LogP contribution in [-0.4, -0.2) is 31.7 Å². The van der Waals surface area contributed by atoms with Gasteiger partial charge in [0.05, 0.1) is 0 Å². The summed E-state index contributed by atoms with van der Waals surface area (Å²) in [6.07, 6.45) is 3.79. The molecule has 6 rings (SSSR count). The van der Waals surface area contributed by atoms with Crippen molar-refractivity contribution in [2.75, 3.05) is 0 Å². The Labute approximate surface area is 226 Å². The average Bonchev–Trinajstić information content (AvgIpc) is 3.22. The molecule has 2 aromatic heterocycles. The topological polar surface area (TPSA) is 35.0 Å². The molecule has 0 N–H and O–H groups in total. The van der Waals surface area contributed by atoms with Crippen molar-refractivity contribution in [3.63, 3.8) is 0 Å². The third-order valence-electron chi connectivity index (χ3n) is 6.79. The van der Waals surface area contributed by atoms with Gasteiger partial charge < -0.3 is 0 Å². The molecule has 0 saturated heterocycles. The van der Waals surface area contributed by atoms with Gasteiger partial charge in [-0.15, -0.1) is 0 Å². The number of hydrogen-bond donors (Lipinski definition) is 0. The van der Waals surface area contributed by atoms with Gasteiger partial charge in [-0.25, -0.2) is 0 Å². The van der Waals surface area contributed by atoms with Gasteiger partial charge in [-0.1, -0.05) is 0 Å². The number of aryl methyl sites for hydroxylation is 1. The Bertz CT molecular complexity index is 1620. The molecule has 0 spiro atoms. The van der Waals surface area contributed by atoms with Crippen LogP contribution in [0.1, 0.15) is 31.9 Å². The molecule has 0 amide bonds. The van der Waals surface area contributed by atoms with E-state index in [1.165, 1.54) is 32.2 Å². The zero-order chi connectivity index (χ0) is 25.6. The first-order valence-electron chi connectivity index (χ1n) is 12.6. The summed E-state index contributed by atoms with van der Waals surface area (Å²) in [5.74, 6) is 1.40. The Morgan fingerprint density at radius 1 is 0.676 bits per heavy atom. The second kappa shape index (κ2) is 9.50. The molecule has 0 aliphatic carbocycles. The molecule has 0 fully saturated rings. The number of aromatic nitrogens is 2. The van der Waals surface area contributed by atoms with E-state index in [0.717, 1.165) is 16.9 Å². The minimum atomic E-state index is -2.56. The average molecular weight is 679 g/mol. The molecule has 0 bridgehead atoms. The number of hydrogen-bond acceptors (Lipinski definition) is 3. The summed E-state index contributed by atoms with van der Waals surface area (Å²) in [6, 6.07) is 32.7. The fourth-order valence-electron chi connectivity index (χ4n) is 4.83. The Kier molecular flexibility index (Phi) is 6.17. The fraction of sp³-hybridized carbons (Fsp3) is 0.152. The molecule has 182 valence electrons. The van der Waals surface area contributed by atoms with Gasteiger partial charge in [0.2, 0.25) is 0 Å². The van der Waals surface area contributed by atoms with Gasteiger partial charge in [0, 0.05) is 0 Å². The van der Waals surface area contributed by atoms with Gasteiger partial charge in [-0.3, -0.25) is 0 Å². The van der Waals surface area contributed by atoms with Gasteiger partial charge in [0.15, 0.2) is 0 Å². The van der Waals surface area contributed by atoms with Crippen LogP contribution in [0.3, 0.4) is 0 Å². The van der Waals surface area contributed by atoms with Crippen molar-refractivity contribution in [3.8, 4) is 33.9 Å². The third kappa shape index (κ3) is 4.71. The second-order valence-electron chi connectivity index (χ2n) is 10.5. The first-order valence-corrected chi connectivity index (χ1v) is 17.8. The molecule has 1 aliphatic rings. The number of nitrogens with zero attached hydrogens (tertiary/aromatic N) is 2. The van der Waals surface area contributed by atoms with Crippen LogP contribution >= 0.6 is 0 Å². The Morgan fingerprint density at radius 3 is 2.30 bits per heavy atom. The van der Waals surface area contributed by atoms with E-state index >= 15 is 0 Å². The number of pyridine rings is 2. The van der Waals surface area contributed by atoms with Crippen LogP contribution < -0.4 is 14.7 Å². The normalized spacial score (nSPS) is 12.8. The summed E-state index contributed by atoms with van der Waals surface area (Å²) < 4.78 is 10.4. The van der Waals surface area contributed by atoms with Crippen LogP contribution in [0, 0.1) is 6.92 Å². The molecule has 0 unspecified atom stereocenters. The quantitative estimate of drug-likeness (QED) is 0.214. The monoisotopic (exact) mass is 678 g/mol. The zero-order valence-electron chi connectivity index (χ0n) is 21.6. The first kappa shape index (κ1) is 24.0. The first-order chi connectivity index (χ1) is 17.9. The van der Waals surface area contributed by atoms with E-state index in [1.807, 2.05) is 31.3 Å². The summed E-state index contributed by atoms with van der Waals surface area (Å²) in [5, 5.41) is 0. The number of rotatable bonds is 4. The van der Waals surface area contributed by atoms with Crippen molar-refractivity contribution in [1.82, 2.24) is 9.97 Å². The van der Waals surface area contributed by atoms with Crippen molar-refractivity contribution in [2.24, 2.45) is 0 Å². The molecular weight excluding hydrogens is 649 g/mol. The van der Waals surface area contributed by atoms with E-state index < -0.39 is 21.8 Å². The standard InChI is InChI=1S/C24H17NO.C9H12N.Bi/c1-18-14-15-25-24(16-18)26-23-9-5-8-22(17-23)21-12-10-20(11-13-21)19-6-3-2-4-7-19;1-9(2,3)8-4-6-10-7-5-8;/h2-6,8-10,12-17H,1H3;4-6H,1-3H3;. The van der Waals surface area contributed by atoms with E-state index in [4.69, 9.17) is 9.72 Å². The molecule has 0 radical (unpaired) electrons. The number of fused-ring (bicyclic) bond motifs is 3. The SMILES string of the molecule is Cc1ccnc(Oc2cccc(-c3ccc4[c](c3)[Bi]([c]3cc(C(C)(C)C)ccn3)[c]3ccccc3-4)c2)c1. The molecule has 5 aromatic rings. The van der Waals surface area contributed by atoms with Crippen LogP contribution in [0.15, 0.2) is 103 Å². The maximum absolute atomic E-state index is 6.09. The summed E-state index contributed by atoms with van der Waals surface area (Å²) in [7, 11) is 0. The molecule has 0 atom stereocenters. The second-order valence-corrected chi connectivity index (χ2v) is 18.7. The van der Waals surface area contributed by atoms with E-state index in [-0.39, 0.29) is 5.41 Å². The zero-order valence-corrected chi connectivity index (χ0v) is 25.0. The maximum atomic E-state index is 6.09. The van der Waals surface area contributed by atoms with Gasteiger partial charge in [0.25, 0.3) is 0 Å². The summed E-state index contributed by atoms with van der Waals surface area (Å²) in [4.78, 5) is 9.32. The van der Waals surface area contributed by atoms with Gasteiger partial charge in [-0.05, 0) is 0 Å². The number of ether oxygens (including phenoxy) is 1. The van der Waals surface area contributed by atoms with E-state index in [1.54, 1.807) is 6.20 Å².